The molecular formula is C7H17NO2Si. The van der Waals surface area contributed by atoms with Crippen molar-refractivity contribution in [2.45, 2.75) is 25.8 Å². The molecule has 1 N–H and O–H groups in total. The number of hydrogen-bond acceptors (Lipinski definition) is 3. The summed E-state index contributed by atoms with van der Waals surface area (Å²) in [5, 5.41) is 0. The molecule has 1 aliphatic rings. The lowest BCUT2D eigenvalue weighted by Crippen LogP contribution is -2.49. The molecule has 1 unspecified atom stereocenters. The van der Waals surface area contributed by atoms with Gasteiger partial charge in [-0.05, 0) is 0 Å². The van der Waals surface area contributed by atoms with Crippen LogP contribution in [-0.2, 0) is 8.85 Å². The largest absolute Gasteiger partial charge is 0.424 e. The topological polar surface area (TPSA) is 30.5 Å². The second-order valence-corrected chi connectivity index (χ2v) is 5.89. The average molecular weight is 175 g/mol. The van der Waals surface area contributed by atoms with Crippen LogP contribution in [0.15, 0.2) is 0 Å². The maximum absolute atomic E-state index is 5.60. The fourth-order valence-electron chi connectivity index (χ4n) is 1.31. The molecule has 11 heavy (non-hydrogen) atoms. The summed E-state index contributed by atoms with van der Waals surface area (Å²) in [5.41, 5.74) is 0. The molecule has 0 aromatic heterocycles. The average Bonchev–Trinajstić information content (AvgIpc) is 2.50. The summed E-state index contributed by atoms with van der Waals surface area (Å²) >= 11 is 0. The molecule has 0 radical (unpaired) electrons. The molecule has 0 bridgehead atoms. The van der Waals surface area contributed by atoms with Crippen LogP contribution in [0.5, 0.6) is 0 Å². The first-order chi connectivity index (χ1) is 5.33. The second-order valence-electron chi connectivity index (χ2n) is 2.84. The molecule has 0 spiro atoms. The predicted molar refractivity (Wildman–Crippen MR) is 46.4 cm³/mol. The molecule has 1 fully saturated rings. The molecule has 1 heterocycles. The number of unbranched alkanes of at least 4 members (excludes halogenated alkanes) is 1. The smallest absolute Gasteiger partial charge is 0.386 e. The van der Waals surface area contributed by atoms with Crippen LogP contribution in [0.4, 0.5) is 0 Å². The van der Waals surface area contributed by atoms with E-state index in [4.69, 9.17) is 8.85 Å². The minimum absolute atomic E-state index is 0.823. The molecule has 1 saturated heterocycles. The minimum atomic E-state index is -1.88. The van der Waals surface area contributed by atoms with Crippen LogP contribution < -0.4 is 4.98 Å². The highest BCUT2D eigenvalue weighted by atomic mass is 28.4. The highest BCUT2D eigenvalue weighted by Gasteiger charge is 2.39. The number of hydrogen-bond donors (Lipinski definition) is 1. The first kappa shape index (κ1) is 9.19. The maximum Gasteiger partial charge on any atom is 0.424 e. The van der Waals surface area contributed by atoms with Crippen molar-refractivity contribution >= 4 is 8.72 Å². The summed E-state index contributed by atoms with van der Waals surface area (Å²) in [5.74, 6) is 0. The van der Waals surface area contributed by atoms with E-state index >= 15 is 0 Å². The predicted octanol–water partition coefficient (Wildman–Crippen LogP) is 0.992. The van der Waals surface area contributed by atoms with Crippen LogP contribution >= 0.6 is 0 Å². The van der Waals surface area contributed by atoms with Gasteiger partial charge in [0.2, 0.25) is 0 Å². The molecule has 0 aromatic rings. The van der Waals surface area contributed by atoms with Crippen molar-refractivity contribution in [1.29, 1.82) is 0 Å². The molecule has 1 atom stereocenters. The van der Waals surface area contributed by atoms with Crippen LogP contribution in [0, 0.1) is 0 Å². The van der Waals surface area contributed by atoms with Gasteiger partial charge < -0.3 is 8.85 Å². The Morgan fingerprint density at radius 1 is 1.64 bits per heavy atom. The van der Waals surface area contributed by atoms with Gasteiger partial charge in [0.05, 0.1) is 0 Å². The van der Waals surface area contributed by atoms with Gasteiger partial charge in [0.25, 0.3) is 0 Å². The third-order valence-electron chi connectivity index (χ3n) is 2.02. The molecule has 0 amide bonds. The van der Waals surface area contributed by atoms with Crippen molar-refractivity contribution in [3.63, 3.8) is 0 Å². The van der Waals surface area contributed by atoms with E-state index < -0.39 is 8.72 Å². The van der Waals surface area contributed by atoms with Crippen molar-refractivity contribution < 1.29 is 8.85 Å². The van der Waals surface area contributed by atoms with E-state index in [9.17, 15) is 0 Å². The quantitative estimate of drug-likeness (QED) is 0.646. The van der Waals surface area contributed by atoms with Crippen LogP contribution in [-0.4, -0.2) is 29.0 Å². The highest BCUT2D eigenvalue weighted by molar-refractivity contribution is 6.65. The summed E-state index contributed by atoms with van der Waals surface area (Å²) in [6.45, 7) is 3.97. The maximum atomic E-state index is 5.60. The van der Waals surface area contributed by atoms with Gasteiger partial charge in [0, 0.05) is 26.3 Å². The fraction of sp³-hybridized carbons (Fsp3) is 1.00. The normalized spacial score (nSPS) is 31.1. The lowest BCUT2D eigenvalue weighted by atomic mass is 10.4. The zero-order valence-corrected chi connectivity index (χ0v) is 8.35. The second kappa shape index (κ2) is 4.20. The van der Waals surface area contributed by atoms with E-state index in [2.05, 4.69) is 11.9 Å². The zero-order valence-electron chi connectivity index (χ0n) is 7.35. The van der Waals surface area contributed by atoms with Gasteiger partial charge >= 0.3 is 8.72 Å². The van der Waals surface area contributed by atoms with E-state index in [1.165, 1.54) is 12.8 Å². The molecule has 4 heteroatoms. The molecule has 0 aliphatic carbocycles. The Balaban J connectivity index is 2.33. The Hall–Kier alpha value is 0.0969. The van der Waals surface area contributed by atoms with E-state index in [0.717, 1.165) is 19.2 Å². The number of rotatable bonds is 4. The number of nitrogens with one attached hydrogen (secondary N) is 1. The zero-order chi connectivity index (χ0) is 8.16. The van der Waals surface area contributed by atoms with Gasteiger partial charge in [-0.3, -0.25) is 4.98 Å². The van der Waals surface area contributed by atoms with Crippen molar-refractivity contribution in [1.82, 2.24) is 4.98 Å². The van der Waals surface area contributed by atoms with E-state index in [1.807, 2.05) is 0 Å². The van der Waals surface area contributed by atoms with Gasteiger partial charge in [-0.2, -0.15) is 0 Å². The van der Waals surface area contributed by atoms with Crippen molar-refractivity contribution in [2.24, 2.45) is 0 Å². The Morgan fingerprint density at radius 2 is 2.45 bits per heavy atom. The summed E-state index contributed by atoms with van der Waals surface area (Å²) in [6.07, 6.45) is 2.41. The van der Waals surface area contributed by atoms with Crippen LogP contribution in [0.2, 0.25) is 6.04 Å². The first-order valence-electron chi connectivity index (χ1n) is 4.27. The van der Waals surface area contributed by atoms with Gasteiger partial charge in [-0.1, -0.05) is 19.8 Å². The van der Waals surface area contributed by atoms with Crippen molar-refractivity contribution in [2.75, 3.05) is 20.3 Å². The van der Waals surface area contributed by atoms with Gasteiger partial charge in [0.1, 0.15) is 0 Å². The summed E-state index contributed by atoms with van der Waals surface area (Å²) in [6, 6.07) is 1.08. The third-order valence-corrected chi connectivity index (χ3v) is 5.15. The molecule has 1 aliphatic heterocycles. The van der Waals surface area contributed by atoms with E-state index in [-0.39, 0.29) is 0 Å². The van der Waals surface area contributed by atoms with Crippen molar-refractivity contribution in [3.05, 3.63) is 0 Å². The Kier molecular flexibility index (Phi) is 3.51. The molecule has 0 aromatic carbocycles. The van der Waals surface area contributed by atoms with Crippen LogP contribution in [0.25, 0.3) is 0 Å². The third kappa shape index (κ3) is 2.26. The monoisotopic (exact) mass is 175 g/mol. The molecule has 66 valence electrons. The SMILES string of the molecule is CCCC[Si]1(OC)NCCO1. The summed E-state index contributed by atoms with van der Waals surface area (Å²) in [7, 11) is -0.127. The summed E-state index contributed by atoms with van der Waals surface area (Å²) < 4.78 is 11.0. The molecule has 0 saturated carbocycles. The van der Waals surface area contributed by atoms with Gasteiger partial charge in [-0.25, -0.2) is 0 Å². The fourth-order valence-corrected chi connectivity index (χ4v) is 3.93. The Bertz CT molecular complexity index is 115. The summed E-state index contributed by atoms with van der Waals surface area (Å²) in [4.78, 5) is 3.35. The van der Waals surface area contributed by atoms with E-state index in [0.29, 0.717) is 0 Å². The first-order valence-corrected chi connectivity index (χ1v) is 6.29. The molecule has 3 nitrogen and oxygen atoms in total. The molecular weight excluding hydrogens is 158 g/mol. The van der Waals surface area contributed by atoms with Gasteiger partial charge in [0.15, 0.2) is 0 Å². The highest BCUT2D eigenvalue weighted by Crippen LogP contribution is 2.16. The van der Waals surface area contributed by atoms with E-state index in [1.54, 1.807) is 7.11 Å². The lowest BCUT2D eigenvalue weighted by molar-refractivity contribution is 0.232. The van der Waals surface area contributed by atoms with Crippen LogP contribution in [0.1, 0.15) is 19.8 Å². The van der Waals surface area contributed by atoms with Gasteiger partial charge in [-0.15, -0.1) is 0 Å². The van der Waals surface area contributed by atoms with Crippen LogP contribution in [0.3, 0.4) is 0 Å². The Morgan fingerprint density at radius 3 is 2.91 bits per heavy atom. The minimum Gasteiger partial charge on any atom is -0.386 e. The van der Waals surface area contributed by atoms with Crippen molar-refractivity contribution in [3.8, 4) is 0 Å². The Labute approximate surface area is 69.4 Å². The lowest BCUT2D eigenvalue weighted by Gasteiger charge is -2.21. The molecule has 1 rings (SSSR count). The standard InChI is InChI=1S/C7H17NO2Si/c1-3-4-7-11(9-2)8-5-6-10-11/h8H,3-7H2,1-2H3.